The number of urea groups is 1. The van der Waals surface area contributed by atoms with E-state index in [4.69, 9.17) is 24.4 Å². The summed E-state index contributed by atoms with van der Waals surface area (Å²) < 4.78 is 36.4. The average molecular weight is 827 g/mol. The minimum Gasteiger partial charge on any atom is -0.508 e. The molecular weight excluding hydrogens is 785 g/mol. The van der Waals surface area contributed by atoms with E-state index in [9.17, 15) is 33.6 Å². The highest BCUT2D eigenvalue weighted by Gasteiger charge is 2.47. The summed E-state index contributed by atoms with van der Waals surface area (Å²) in [7, 11) is -3.89. The number of nitrogens with zero attached hydrogens (tertiary/aromatic N) is 6. The van der Waals surface area contributed by atoms with Crippen molar-refractivity contribution in [3.63, 3.8) is 0 Å². The van der Waals surface area contributed by atoms with Gasteiger partial charge in [-0.25, -0.2) is 23.3 Å². The van der Waals surface area contributed by atoms with Crippen LogP contribution in [0.15, 0.2) is 94.6 Å². The minimum absolute atomic E-state index is 0.0799. The number of primary sulfonamides is 1. The molecule has 59 heavy (non-hydrogen) atoms. The second-order valence-corrected chi connectivity index (χ2v) is 16.0. The summed E-state index contributed by atoms with van der Waals surface area (Å²) in [6, 6.07) is 20.0. The maximum absolute atomic E-state index is 13.0. The number of phenolic OH excluding ortho intramolecular Hbond substituents is 2. The maximum Gasteiger partial charge on any atom is 0.319 e. The first kappa shape index (κ1) is 39.5. The molecule has 20 heteroatoms. The number of ether oxygens (including phenoxy) is 1. The maximum atomic E-state index is 13.0. The van der Waals surface area contributed by atoms with Gasteiger partial charge in [0.2, 0.25) is 16.0 Å². The van der Waals surface area contributed by atoms with Crippen molar-refractivity contribution in [2.24, 2.45) is 5.14 Å². The Morgan fingerprint density at radius 2 is 1.64 bits per heavy atom. The van der Waals surface area contributed by atoms with Crippen molar-refractivity contribution < 1.29 is 42.9 Å². The van der Waals surface area contributed by atoms with Crippen molar-refractivity contribution in [2.45, 2.75) is 61.2 Å². The number of nitrogens with one attached hydrogen (secondary N) is 3. The third kappa shape index (κ3) is 8.34. The molecule has 2 aliphatic rings. The van der Waals surface area contributed by atoms with Gasteiger partial charge < -0.3 is 50.5 Å². The molecule has 6 aromatic rings. The lowest BCUT2D eigenvalue weighted by atomic mass is 9.91. The molecule has 5 heterocycles. The van der Waals surface area contributed by atoms with Crippen LogP contribution in [0.2, 0.25) is 0 Å². The molecule has 0 unspecified atom stereocenters. The van der Waals surface area contributed by atoms with E-state index in [0.717, 1.165) is 11.1 Å². The zero-order valence-electron chi connectivity index (χ0n) is 31.6. The predicted octanol–water partition coefficient (Wildman–Crippen LogP) is 3.07. The van der Waals surface area contributed by atoms with Crippen LogP contribution in [0.25, 0.3) is 11.2 Å². The number of aromatic hydroxyl groups is 2. The molecule has 5 atom stereocenters. The number of aliphatic hydroxyl groups is 2. The number of rotatable bonds is 12. The summed E-state index contributed by atoms with van der Waals surface area (Å²) in [5, 5.41) is 60.7. The first-order chi connectivity index (χ1) is 28.3. The van der Waals surface area contributed by atoms with Gasteiger partial charge in [0.25, 0.3) is 0 Å². The molecule has 0 radical (unpaired) electrons. The summed E-state index contributed by atoms with van der Waals surface area (Å²) in [6.07, 6.45) is -2.28. The van der Waals surface area contributed by atoms with Crippen LogP contribution < -0.4 is 26.0 Å². The molecule has 8 rings (SSSR count). The molecule has 0 bridgehead atoms. The van der Waals surface area contributed by atoms with Crippen LogP contribution in [0, 0.1) is 0 Å². The van der Waals surface area contributed by atoms with E-state index < -0.39 is 40.6 Å². The number of amides is 2. The Morgan fingerprint density at radius 3 is 2.27 bits per heavy atom. The molecule has 2 saturated heterocycles. The number of imidazole rings is 1. The largest absolute Gasteiger partial charge is 0.508 e. The number of anilines is 3. The third-order valence-electron chi connectivity index (χ3n) is 10.5. The first-order valence-electron chi connectivity index (χ1n) is 18.8. The van der Waals surface area contributed by atoms with Crippen molar-refractivity contribution in [1.29, 1.82) is 0 Å². The summed E-state index contributed by atoms with van der Waals surface area (Å²) in [4.78, 5) is 29.2. The number of carbonyl (C=O) groups is 1. The lowest BCUT2D eigenvalue weighted by Gasteiger charge is -2.22. The van der Waals surface area contributed by atoms with Gasteiger partial charge in [0, 0.05) is 43.3 Å². The SMILES string of the molecule is CCc1cc([C@H]2O[C@@H](n3cnc4c(NCC(c5ccc(O)cc5)c5ccc(O)cc5)nc(N5CC[C@@H](NC(=O)Nc6ccc(S(N)(=O)=O)cc6)C5)nc43)[C@@H](O)[C@@H]2O)on1. The summed E-state index contributed by atoms with van der Waals surface area (Å²) in [6.45, 7) is 3.00. The molecule has 19 nitrogen and oxygen atoms in total. The molecule has 9 N–H and O–H groups in total. The van der Waals surface area contributed by atoms with E-state index in [1.165, 1.54) is 35.2 Å². The number of hydrogen-bond donors (Lipinski definition) is 8. The first-order valence-corrected chi connectivity index (χ1v) is 20.4. The van der Waals surface area contributed by atoms with E-state index in [0.29, 0.717) is 66.8 Å². The van der Waals surface area contributed by atoms with Crippen molar-refractivity contribution in [2.75, 3.05) is 35.2 Å². The highest BCUT2D eigenvalue weighted by Crippen LogP contribution is 2.41. The molecule has 2 amide bonds. The molecular formula is C39H42N10O9S. The number of phenols is 2. The van der Waals surface area contributed by atoms with Gasteiger partial charge >= 0.3 is 6.03 Å². The van der Waals surface area contributed by atoms with Gasteiger partial charge in [0.1, 0.15) is 29.8 Å². The fraction of sp³-hybridized carbons (Fsp3) is 0.308. The topological polar surface area (TPSA) is 276 Å². The highest BCUT2D eigenvalue weighted by atomic mass is 32.2. The zero-order chi connectivity index (χ0) is 41.4. The monoisotopic (exact) mass is 826 g/mol. The van der Waals surface area contributed by atoms with Gasteiger partial charge in [-0.2, -0.15) is 9.97 Å². The standard InChI is InChI=1S/C39H42N10O9S/c1-2-23-17-30(58-47-23)34-32(52)33(53)37(57-34)49-20-42-31-35(41-18-29(21-3-9-26(50)10-4-21)22-5-11-27(51)12-6-22)45-38(46-36(31)49)48-16-15-25(19-48)44-39(54)43-24-7-13-28(14-8-24)59(40,55)56/h3-14,17,20,25,29,32-34,37,50-53H,2,15-16,18-19H2,1H3,(H2,40,55,56)(H,41,45,46)(H2,43,44,54)/t25-,32+,33+,34-,37-/m1/s1. The summed E-state index contributed by atoms with van der Waals surface area (Å²) >= 11 is 0. The predicted molar refractivity (Wildman–Crippen MR) is 213 cm³/mol. The Hall–Kier alpha value is -6.32. The number of sulfonamides is 1. The molecule has 2 fully saturated rings. The lowest BCUT2D eigenvalue weighted by Crippen LogP contribution is -2.40. The summed E-state index contributed by atoms with van der Waals surface area (Å²) in [5.41, 5.74) is 3.45. The number of carbonyl (C=O) groups excluding carboxylic acids is 1. The molecule has 308 valence electrons. The number of aryl methyl sites for hydroxylation is 1. The van der Waals surface area contributed by atoms with Gasteiger partial charge in [0.05, 0.1) is 16.9 Å². The van der Waals surface area contributed by atoms with Crippen LogP contribution in [0.1, 0.15) is 54.2 Å². The van der Waals surface area contributed by atoms with Gasteiger partial charge in [-0.05, 0) is 72.5 Å². The van der Waals surface area contributed by atoms with E-state index in [-0.39, 0.29) is 34.1 Å². The quantitative estimate of drug-likeness (QED) is 0.0881. The number of fused-ring (bicyclic) bond motifs is 1. The Kier molecular flexibility index (Phi) is 10.8. The normalized spacial score (nSPS) is 20.7. The minimum atomic E-state index is -3.89. The van der Waals surface area contributed by atoms with Crippen molar-refractivity contribution in [1.82, 2.24) is 30.0 Å². The molecule has 2 aliphatic heterocycles. The fourth-order valence-electron chi connectivity index (χ4n) is 7.29. The Morgan fingerprint density at radius 1 is 0.966 bits per heavy atom. The van der Waals surface area contributed by atoms with Crippen LogP contribution in [0.4, 0.5) is 22.2 Å². The van der Waals surface area contributed by atoms with E-state index >= 15 is 0 Å². The number of hydrogen-bond acceptors (Lipinski definition) is 15. The Bertz CT molecular complexity index is 2510. The van der Waals surface area contributed by atoms with Crippen LogP contribution in [-0.2, 0) is 21.2 Å². The Balaban J connectivity index is 1.08. The van der Waals surface area contributed by atoms with Crippen LogP contribution >= 0.6 is 0 Å². The summed E-state index contributed by atoms with van der Waals surface area (Å²) in [5.74, 6) is 0.886. The average Bonchev–Trinajstić information content (AvgIpc) is 4.03. The number of benzene rings is 3. The van der Waals surface area contributed by atoms with Gasteiger partial charge in [-0.1, -0.05) is 36.3 Å². The number of nitrogens with two attached hydrogens (primary N) is 1. The molecule has 3 aromatic carbocycles. The van der Waals surface area contributed by atoms with Crippen molar-refractivity contribution >= 4 is 44.7 Å². The van der Waals surface area contributed by atoms with Crippen LogP contribution in [0.3, 0.4) is 0 Å². The van der Waals surface area contributed by atoms with E-state index in [1.54, 1.807) is 30.3 Å². The third-order valence-corrected chi connectivity index (χ3v) is 11.4. The number of aliphatic hydroxyl groups excluding tert-OH is 2. The van der Waals surface area contributed by atoms with Gasteiger partial charge in [0.15, 0.2) is 29.0 Å². The second kappa shape index (κ2) is 16.1. The second-order valence-electron chi connectivity index (χ2n) is 14.4. The van der Waals surface area contributed by atoms with Gasteiger partial charge in [-0.15, -0.1) is 0 Å². The van der Waals surface area contributed by atoms with Crippen molar-refractivity contribution in [3.8, 4) is 11.5 Å². The van der Waals surface area contributed by atoms with E-state index in [1.807, 2.05) is 36.1 Å². The highest BCUT2D eigenvalue weighted by molar-refractivity contribution is 7.89. The smallest absolute Gasteiger partial charge is 0.319 e. The Labute approximate surface area is 337 Å². The lowest BCUT2D eigenvalue weighted by molar-refractivity contribution is -0.0434. The fourth-order valence-corrected chi connectivity index (χ4v) is 7.81. The van der Waals surface area contributed by atoms with Crippen molar-refractivity contribution in [3.05, 3.63) is 108 Å². The van der Waals surface area contributed by atoms with Crippen LogP contribution in [0.5, 0.6) is 11.5 Å². The number of aromatic nitrogens is 5. The van der Waals surface area contributed by atoms with E-state index in [2.05, 4.69) is 26.1 Å². The van der Waals surface area contributed by atoms with Crippen LogP contribution in [-0.4, -0.2) is 97.4 Å². The zero-order valence-corrected chi connectivity index (χ0v) is 32.4. The molecule has 3 aromatic heterocycles. The molecule has 0 aliphatic carbocycles. The van der Waals surface area contributed by atoms with Gasteiger partial charge in [-0.3, -0.25) is 4.57 Å². The molecule has 0 spiro atoms. The molecule has 0 saturated carbocycles.